The number of hydrogen-bond acceptors (Lipinski definition) is 9. The first-order valence-corrected chi connectivity index (χ1v) is 14.9. The molecule has 0 atom stereocenters. The van der Waals surface area contributed by atoms with Gasteiger partial charge in [-0.2, -0.15) is 12.7 Å². The van der Waals surface area contributed by atoms with Crippen LogP contribution in [-0.2, 0) is 19.7 Å². The molecular weight excluding hydrogens is 578 g/mol. The molecule has 232 valence electrons. The lowest BCUT2D eigenvalue weighted by Gasteiger charge is -2.26. The molecule has 1 fully saturated rings. The topological polar surface area (TPSA) is 141 Å². The summed E-state index contributed by atoms with van der Waals surface area (Å²) in [5.41, 5.74) is 0.917. The van der Waals surface area contributed by atoms with E-state index >= 15 is 0 Å². The number of ether oxygens (including phenoxy) is 4. The Bertz CT molecular complexity index is 1590. The maximum absolute atomic E-state index is 13.5. The maximum Gasteiger partial charge on any atom is 0.307 e. The first kappa shape index (κ1) is 31.8. The molecule has 14 heteroatoms. The van der Waals surface area contributed by atoms with E-state index in [1.165, 1.54) is 59.8 Å². The van der Waals surface area contributed by atoms with Gasteiger partial charge in [0.25, 0.3) is 11.8 Å². The van der Waals surface area contributed by atoms with Gasteiger partial charge in [-0.1, -0.05) is 18.2 Å². The van der Waals surface area contributed by atoms with Gasteiger partial charge < -0.3 is 29.6 Å². The molecule has 13 nitrogen and oxygen atoms in total. The third kappa shape index (κ3) is 7.10. The van der Waals surface area contributed by atoms with Crippen molar-refractivity contribution in [3.63, 3.8) is 0 Å². The predicted molar refractivity (Wildman–Crippen MR) is 162 cm³/mol. The average molecular weight is 616 g/mol. The number of para-hydroxylation sites is 1. The number of morpholine rings is 1. The summed E-state index contributed by atoms with van der Waals surface area (Å²) in [6, 6.07) is 9.86. The Morgan fingerprint density at radius 3 is 2.28 bits per heavy atom. The van der Waals surface area contributed by atoms with E-state index in [4.69, 9.17) is 18.9 Å². The molecule has 1 aliphatic rings. The molecule has 2 heterocycles. The Morgan fingerprint density at radius 1 is 1.02 bits per heavy atom. The maximum atomic E-state index is 13.5. The number of benzene rings is 2. The normalized spacial score (nSPS) is 14.5. The summed E-state index contributed by atoms with van der Waals surface area (Å²) in [4.78, 5) is 29.2. The molecule has 2 N–H and O–H groups in total. The van der Waals surface area contributed by atoms with E-state index in [0.29, 0.717) is 48.5 Å². The smallest absolute Gasteiger partial charge is 0.307 e. The zero-order valence-electron chi connectivity index (χ0n) is 24.9. The number of nitrogens with zero attached hydrogens (tertiary/aromatic N) is 3. The van der Waals surface area contributed by atoms with Crippen LogP contribution in [0.1, 0.15) is 15.9 Å². The molecule has 2 amide bonds. The fraction of sp³-hybridized carbons (Fsp3) is 0.379. The van der Waals surface area contributed by atoms with Gasteiger partial charge in [0, 0.05) is 63.0 Å². The van der Waals surface area contributed by atoms with Crippen molar-refractivity contribution in [1.82, 2.24) is 23.8 Å². The van der Waals surface area contributed by atoms with Crippen LogP contribution in [0, 0.1) is 0 Å². The largest absolute Gasteiger partial charge is 0.493 e. The molecule has 0 unspecified atom stereocenters. The molecule has 0 bridgehead atoms. The van der Waals surface area contributed by atoms with E-state index in [0.717, 1.165) is 21.4 Å². The summed E-state index contributed by atoms with van der Waals surface area (Å²) in [6.45, 7) is 3.71. The molecule has 1 aliphatic heterocycles. The molecular formula is C29H37N5O8S. The van der Waals surface area contributed by atoms with Gasteiger partial charge in [-0.15, -0.1) is 0 Å². The van der Waals surface area contributed by atoms with E-state index in [-0.39, 0.29) is 22.8 Å². The number of nitrogens with one attached hydrogen (secondary N) is 2. The van der Waals surface area contributed by atoms with Crippen LogP contribution in [0.25, 0.3) is 17.0 Å². The number of carbonyl (C=O) groups excluding carboxylic acids is 2. The van der Waals surface area contributed by atoms with Gasteiger partial charge in [-0.25, -0.2) is 3.97 Å². The highest BCUT2D eigenvalue weighted by Crippen LogP contribution is 2.38. The lowest BCUT2D eigenvalue weighted by Crippen LogP contribution is -2.42. The number of rotatable bonds is 12. The quantitative estimate of drug-likeness (QED) is 0.290. The van der Waals surface area contributed by atoms with Gasteiger partial charge in [0.1, 0.15) is 5.70 Å². The summed E-state index contributed by atoms with van der Waals surface area (Å²) < 4.78 is 49.9. The minimum Gasteiger partial charge on any atom is -0.493 e. The second-order valence-electron chi connectivity index (χ2n) is 9.82. The minimum absolute atomic E-state index is 0.0779. The van der Waals surface area contributed by atoms with Crippen molar-refractivity contribution >= 4 is 39.0 Å². The number of hydrogen-bond donors (Lipinski definition) is 2. The van der Waals surface area contributed by atoms with E-state index in [9.17, 15) is 18.0 Å². The van der Waals surface area contributed by atoms with Gasteiger partial charge in [0.15, 0.2) is 11.5 Å². The molecule has 0 spiro atoms. The second-order valence-corrected chi connectivity index (χ2v) is 11.8. The van der Waals surface area contributed by atoms with Crippen LogP contribution in [0.15, 0.2) is 48.3 Å². The van der Waals surface area contributed by atoms with Gasteiger partial charge in [0.2, 0.25) is 5.75 Å². The molecule has 0 radical (unpaired) electrons. The highest BCUT2D eigenvalue weighted by atomic mass is 32.2. The first-order valence-electron chi connectivity index (χ1n) is 13.5. The van der Waals surface area contributed by atoms with E-state index in [2.05, 4.69) is 15.5 Å². The molecule has 0 saturated carbocycles. The fourth-order valence-electron chi connectivity index (χ4n) is 4.63. The lowest BCUT2D eigenvalue weighted by molar-refractivity contribution is -0.117. The van der Waals surface area contributed by atoms with Crippen LogP contribution >= 0.6 is 0 Å². The van der Waals surface area contributed by atoms with Crippen LogP contribution in [0.3, 0.4) is 0 Å². The van der Waals surface area contributed by atoms with E-state index in [1.54, 1.807) is 24.3 Å². The number of fused-ring (bicyclic) bond motifs is 1. The number of methoxy groups -OCH3 is 3. The van der Waals surface area contributed by atoms with Gasteiger partial charge in [-0.3, -0.25) is 14.5 Å². The predicted octanol–water partition coefficient (Wildman–Crippen LogP) is 1.54. The second kappa shape index (κ2) is 13.9. The Balaban J connectivity index is 1.72. The van der Waals surface area contributed by atoms with Gasteiger partial charge in [0.05, 0.1) is 40.1 Å². The van der Waals surface area contributed by atoms with E-state index in [1.807, 2.05) is 0 Å². The van der Waals surface area contributed by atoms with Crippen LogP contribution in [0.2, 0.25) is 0 Å². The van der Waals surface area contributed by atoms with Crippen molar-refractivity contribution in [3.8, 4) is 17.2 Å². The minimum atomic E-state index is -3.88. The Labute approximate surface area is 251 Å². The van der Waals surface area contributed by atoms with Crippen molar-refractivity contribution < 1.29 is 37.0 Å². The highest BCUT2D eigenvalue weighted by molar-refractivity contribution is 7.87. The molecule has 2 aromatic carbocycles. The monoisotopic (exact) mass is 615 g/mol. The molecule has 1 aromatic heterocycles. The van der Waals surface area contributed by atoms with Crippen LogP contribution in [-0.4, -0.2) is 108 Å². The summed E-state index contributed by atoms with van der Waals surface area (Å²) in [5, 5.41) is 6.15. The summed E-state index contributed by atoms with van der Waals surface area (Å²) >= 11 is 0. The summed E-state index contributed by atoms with van der Waals surface area (Å²) in [7, 11) is 3.32. The van der Waals surface area contributed by atoms with Crippen molar-refractivity contribution in [3.05, 3.63) is 59.4 Å². The first-order chi connectivity index (χ1) is 20.6. The van der Waals surface area contributed by atoms with Gasteiger partial charge in [-0.05, 0) is 24.3 Å². The SMILES string of the molecule is COc1cc(C(=O)N/C(=C\c2cn(S(=O)(=O)N(C)C)c3ccccc23)C(=O)NCCN2CCOCC2)cc(OC)c1OC. The van der Waals surface area contributed by atoms with Crippen molar-refractivity contribution in [2.45, 2.75) is 0 Å². The molecule has 43 heavy (non-hydrogen) atoms. The van der Waals surface area contributed by atoms with Crippen LogP contribution < -0.4 is 24.8 Å². The van der Waals surface area contributed by atoms with E-state index < -0.39 is 22.0 Å². The third-order valence-corrected chi connectivity index (χ3v) is 8.68. The molecule has 3 aromatic rings. The zero-order valence-corrected chi connectivity index (χ0v) is 25.7. The summed E-state index contributed by atoms with van der Waals surface area (Å²) in [5.74, 6) is -0.304. The van der Waals surface area contributed by atoms with Crippen molar-refractivity contribution in [2.24, 2.45) is 0 Å². The molecule has 4 rings (SSSR count). The third-order valence-electron chi connectivity index (χ3n) is 6.96. The van der Waals surface area contributed by atoms with Gasteiger partial charge >= 0.3 is 10.2 Å². The summed E-state index contributed by atoms with van der Waals surface area (Å²) in [6.07, 6.45) is 2.89. The Kier molecular flexibility index (Phi) is 10.3. The number of aromatic nitrogens is 1. The Morgan fingerprint density at radius 2 is 1.67 bits per heavy atom. The Hall–Kier alpha value is -4.11. The zero-order chi connectivity index (χ0) is 31.1. The van der Waals surface area contributed by atoms with Crippen LogP contribution in [0.4, 0.5) is 0 Å². The van der Waals surface area contributed by atoms with Crippen molar-refractivity contribution in [1.29, 1.82) is 0 Å². The number of carbonyl (C=O) groups is 2. The lowest BCUT2D eigenvalue weighted by atomic mass is 10.1. The average Bonchev–Trinajstić information content (AvgIpc) is 3.39. The highest BCUT2D eigenvalue weighted by Gasteiger charge is 2.23. The standard InChI is InChI=1S/C29H37N5O8S/c1-32(2)43(37,38)34-19-21(22-8-6-7-9-24(22)34)16-23(29(36)30-10-11-33-12-14-42-15-13-33)31-28(35)20-17-25(39-3)27(41-5)26(18-20)40-4/h6-9,16-19H,10-15H2,1-5H3,(H,30,36)(H,31,35)/b23-16-. The fourth-order valence-corrected chi connectivity index (χ4v) is 5.63. The number of amides is 2. The molecule has 0 aliphatic carbocycles. The molecule has 1 saturated heterocycles. The van der Waals surface area contributed by atoms with Crippen molar-refractivity contribution in [2.75, 3.05) is 74.8 Å². The van der Waals surface area contributed by atoms with Crippen LogP contribution in [0.5, 0.6) is 17.2 Å².